The Kier molecular flexibility index (Phi) is 5.35. The van der Waals surface area contributed by atoms with Crippen molar-refractivity contribution in [3.05, 3.63) is 51.8 Å². The van der Waals surface area contributed by atoms with Crippen LogP contribution in [0.15, 0.2) is 17.1 Å². The third-order valence-corrected chi connectivity index (χ3v) is 4.73. The topological polar surface area (TPSA) is 30.2 Å². The van der Waals surface area contributed by atoms with Crippen LogP contribution in [0, 0.1) is 18.6 Å². The molecule has 2 aromatic rings. The summed E-state index contributed by atoms with van der Waals surface area (Å²) >= 11 is 0. The molecular formula is C19H20F5N3. The fourth-order valence-electron chi connectivity index (χ4n) is 3.57. The second kappa shape index (κ2) is 7.40. The van der Waals surface area contributed by atoms with Gasteiger partial charge in [0, 0.05) is 30.1 Å². The fraction of sp³-hybridized carbons (Fsp3) is 0.474. The molecule has 1 aromatic carbocycles. The SMILES string of the molecule is CCn1nc(C)c2c1CCCN=C2CCc1cc(F)c(C(F)(F)F)c(F)c1. The molecule has 0 saturated heterocycles. The minimum Gasteiger partial charge on any atom is -0.289 e. The lowest BCUT2D eigenvalue weighted by Crippen LogP contribution is -2.12. The molecule has 0 amide bonds. The van der Waals surface area contributed by atoms with Gasteiger partial charge in [0.05, 0.1) is 5.69 Å². The van der Waals surface area contributed by atoms with Crippen molar-refractivity contribution in [3.8, 4) is 0 Å². The maximum atomic E-state index is 13.8. The van der Waals surface area contributed by atoms with Crippen LogP contribution < -0.4 is 0 Å². The third kappa shape index (κ3) is 3.89. The highest BCUT2D eigenvalue weighted by Gasteiger charge is 2.37. The molecule has 1 aliphatic heterocycles. The van der Waals surface area contributed by atoms with Gasteiger partial charge in [0.2, 0.25) is 0 Å². The van der Waals surface area contributed by atoms with Crippen LogP contribution in [0.3, 0.4) is 0 Å². The minimum atomic E-state index is -5.06. The van der Waals surface area contributed by atoms with Gasteiger partial charge >= 0.3 is 6.18 Å². The first kappa shape index (κ1) is 19.5. The van der Waals surface area contributed by atoms with Crippen LogP contribution in [-0.4, -0.2) is 22.0 Å². The number of aryl methyl sites for hydroxylation is 3. The van der Waals surface area contributed by atoms with Crippen molar-refractivity contribution in [1.82, 2.24) is 9.78 Å². The van der Waals surface area contributed by atoms with Crippen LogP contribution in [0.2, 0.25) is 0 Å². The summed E-state index contributed by atoms with van der Waals surface area (Å²) in [6, 6.07) is 1.51. The van der Waals surface area contributed by atoms with E-state index in [1.54, 1.807) is 0 Å². The number of hydrogen-bond donors (Lipinski definition) is 0. The lowest BCUT2D eigenvalue weighted by atomic mass is 9.98. The smallest absolute Gasteiger partial charge is 0.289 e. The van der Waals surface area contributed by atoms with E-state index in [0.29, 0.717) is 13.0 Å². The highest BCUT2D eigenvalue weighted by atomic mass is 19.4. The predicted octanol–water partition coefficient (Wildman–Crippen LogP) is 4.88. The van der Waals surface area contributed by atoms with E-state index in [1.165, 1.54) is 0 Å². The summed E-state index contributed by atoms with van der Waals surface area (Å²) in [6.45, 7) is 5.27. The number of fused-ring (bicyclic) bond motifs is 1. The van der Waals surface area contributed by atoms with Gasteiger partial charge in [0.15, 0.2) is 0 Å². The Morgan fingerprint density at radius 3 is 2.37 bits per heavy atom. The van der Waals surface area contributed by atoms with Gasteiger partial charge in [-0.1, -0.05) is 0 Å². The molecule has 0 atom stereocenters. The molecule has 2 heterocycles. The summed E-state index contributed by atoms with van der Waals surface area (Å²) in [5, 5.41) is 4.52. The second-order valence-corrected chi connectivity index (χ2v) is 6.59. The molecule has 0 bridgehead atoms. The number of aliphatic imine (C=N–C) groups is 1. The first-order chi connectivity index (χ1) is 12.7. The van der Waals surface area contributed by atoms with Gasteiger partial charge in [-0.15, -0.1) is 0 Å². The number of aromatic nitrogens is 2. The fourth-order valence-corrected chi connectivity index (χ4v) is 3.57. The van der Waals surface area contributed by atoms with Crippen molar-refractivity contribution in [1.29, 1.82) is 0 Å². The Hall–Kier alpha value is -2.25. The van der Waals surface area contributed by atoms with Crippen LogP contribution in [0.1, 0.15) is 47.8 Å². The zero-order valence-corrected chi connectivity index (χ0v) is 15.1. The quantitative estimate of drug-likeness (QED) is 0.690. The molecule has 0 radical (unpaired) electrons. The molecule has 0 saturated carbocycles. The van der Waals surface area contributed by atoms with E-state index in [9.17, 15) is 22.0 Å². The van der Waals surface area contributed by atoms with Gasteiger partial charge in [-0.3, -0.25) is 9.67 Å². The Morgan fingerprint density at radius 1 is 1.11 bits per heavy atom. The standard InChI is InChI=1S/C19H20F5N3/c1-3-27-16-5-4-8-25-15(17(16)11(2)26-27)7-6-12-9-13(20)18(14(21)10-12)19(22,23)24/h9-10H,3-8H2,1-2H3. The van der Waals surface area contributed by atoms with Gasteiger partial charge in [-0.05, 0) is 57.2 Å². The normalized spacial score (nSPS) is 14.7. The molecule has 27 heavy (non-hydrogen) atoms. The number of alkyl halides is 3. The highest BCUT2D eigenvalue weighted by molar-refractivity contribution is 6.02. The van der Waals surface area contributed by atoms with Crippen molar-refractivity contribution >= 4 is 5.71 Å². The summed E-state index contributed by atoms with van der Waals surface area (Å²) in [4.78, 5) is 4.59. The van der Waals surface area contributed by atoms with Gasteiger partial charge in [-0.2, -0.15) is 18.3 Å². The van der Waals surface area contributed by atoms with E-state index >= 15 is 0 Å². The van der Waals surface area contributed by atoms with E-state index in [-0.39, 0.29) is 12.0 Å². The number of benzene rings is 1. The van der Waals surface area contributed by atoms with Gasteiger partial charge in [-0.25, -0.2) is 8.78 Å². The van der Waals surface area contributed by atoms with Gasteiger partial charge < -0.3 is 0 Å². The van der Waals surface area contributed by atoms with Crippen molar-refractivity contribution < 1.29 is 22.0 Å². The number of nitrogens with zero attached hydrogens (tertiary/aromatic N) is 3. The molecule has 0 spiro atoms. The van der Waals surface area contributed by atoms with Crippen LogP contribution in [0.5, 0.6) is 0 Å². The molecule has 146 valence electrons. The first-order valence-corrected chi connectivity index (χ1v) is 8.87. The monoisotopic (exact) mass is 385 g/mol. The average Bonchev–Trinajstić information content (AvgIpc) is 2.75. The van der Waals surface area contributed by atoms with Crippen molar-refractivity contribution in [2.24, 2.45) is 4.99 Å². The van der Waals surface area contributed by atoms with E-state index in [1.807, 2.05) is 18.5 Å². The zero-order chi connectivity index (χ0) is 19.8. The zero-order valence-electron chi connectivity index (χ0n) is 15.1. The van der Waals surface area contributed by atoms with E-state index in [0.717, 1.165) is 54.2 Å². The first-order valence-electron chi connectivity index (χ1n) is 8.87. The van der Waals surface area contributed by atoms with E-state index in [2.05, 4.69) is 10.1 Å². The van der Waals surface area contributed by atoms with Crippen molar-refractivity contribution in [2.45, 2.75) is 52.3 Å². The number of hydrogen-bond acceptors (Lipinski definition) is 2. The van der Waals surface area contributed by atoms with Crippen LogP contribution in [-0.2, 0) is 25.6 Å². The van der Waals surface area contributed by atoms with Crippen LogP contribution in [0.4, 0.5) is 22.0 Å². The van der Waals surface area contributed by atoms with E-state index in [4.69, 9.17) is 0 Å². The van der Waals surface area contributed by atoms with Crippen LogP contribution >= 0.6 is 0 Å². The summed E-state index contributed by atoms with van der Waals surface area (Å²) in [7, 11) is 0. The molecule has 0 unspecified atom stereocenters. The molecule has 0 aliphatic carbocycles. The Balaban J connectivity index is 1.86. The second-order valence-electron chi connectivity index (χ2n) is 6.59. The lowest BCUT2D eigenvalue weighted by Gasteiger charge is -2.12. The van der Waals surface area contributed by atoms with Gasteiger partial charge in [0.25, 0.3) is 0 Å². The number of rotatable bonds is 4. The Bertz CT molecular complexity index is 857. The average molecular weight is 385 g/mol. The summed E-state index contributed by atoms with van der Waals surface area (Å²) in [5.74, 6) is -3.17. The van der Waals surface area contributed by atoms with E-state index < -0.39 is 23.4 Å². The molecule has 8 heteroatoms. The molecular weight excluding hydrogens is 365 g/mol. The summed E-state index contributed by atoms with van der Waals surface area (Å²) in [5.41, 5.74) is 2.02. The molecule has 0 fully saturated rings. The van der Waals surface area contributed by atoms with Crippen molar-refractivity contribution in [2.75, 3.05) is 6.54 Å². The van der Waals surface area contributed by atoms with Crippen molar-refractivity contribution in [3.63, 3.8) is 0 Å². The van der Waals surface area contributed by atoms with Gasteiger partial charge in [0.1, 0.15) is 17.2 Å². The number of halogens is 5. The largest absolute Gasteiger partial charge is 0.422 e. The molecule has 1 aromatic heterocycles. The minimum absolute atomic E-state index is 0.173. The molecule has 3 rings (SSSR count). The maximum Gasteiger partial charge on any atom is 0.422 e. The lowest BCUT2D eigenvalue weighted by molar-refractivity contribution is -0.142. The molecule has 3 nitrogen and oxygen atoms in total. The summed E-state index contributed by atoms with van der Waals surface area (Å²) < 4.78 is 67.6. The van der Waals surface area contributed by atoms with Crippen LogP contribution in [0.25, 0.3) is 0 Å². The summed E-state index contributed by atoms with van der Waals surface area (Å²) in [6.07, 6.45) is -2.75. The Morgan fingerprint density at radius 2 is 1.78 bits per heavy atom. The highest BCUT2D eigenvalue weighted by Crippen LogP contribution is 2.34. The molecule has 0 N–H and O–H groups in total. The Labute approximate surface area is 153 Å². The maximum absolute atomic E-state index is 13.8. The third-order valence-electron chi connectivity index (χ3n) is 4.73. The molecule has 1 aliphatic rings. The predicted molar refractivity (Wildman–Crippen MR) is 92.0 cm³/mol.